The molecule has 4 atom stereocenters. The molecule has 0 aromatic carbocycles. The average Bonchev–Trinajstić information content (AvgIpc) is 2.85. The van der Waals surface area contributed by atoms with Gasteiger partial charge in [-0.3, -0.25) is 4.21 Å². The lowest BCUT2D eigenvalue weighted by Crippen LogP contribution is -2.41. The zero-order chi connectivity index (χ0) is 15.1. The molecule has 1 aliphatic heterocycles. The van der Waals surface area contributed by atoms with E-state index < -0.39 is 22.9 Å². The van der Waals surface area contributed by atoms with Gasteiger partial charge in [-0.15, -0.1) is 0 Å². The summed E-state index contributed by atoms with van der Waals surface area (Å²) in [6.45, 7) is 2.62. The summed E-state index contributed by atoms with van der Waals surface area (Å²) in [6.07, 6.45) is 2.39. The van der Waals surface area contributed by atoms with Crippen LogP contribution in [0.2, 0.25) is 0 Å². The van der Waals surface area contributed by atoms with Crippen LogP contribution in [0.3, 0.4) is 0 Å². The van der Waals surface area contributed by atoms with Gasteiger partial charge in [0.2, 0.25) is 0 Å². The first kappa shape index (κ1) is 16.9. The summed E-state index contributed by atoms with van der Waals surface area (Å²) in [5, 5.41) is 14.1. The van der Waals surface area contributed by atoms with Gasteiger partial charge in [-0.2, -0.15) is 0 Å². The summed E-state index contributed by atoms with van der Waals surface area (Å²) in [7, 11) is -0.887. The number of ether oxygens (including phenoxy) is 1. The van der Waals surface area contributed by atoms with Gasteiger partial charge in [0, 0.05) is 35.4 Å². The van der Waals surface area contributed by atoms with E-state index in [1.165, 1.54) is 0 Å². The van der Waals surface area contributed by atoms with Crippen LogP contribution in [0.25, 0.3) is 0 Å². The fourth-order valence-corrected chi connectivity index (χ4v) is 2.31. The van der Waals surface area contributed by atoms with E-state index >= 15 is 0 Å². The van der Waals surface area contributed by atoms with Crippen LogP contribution in [0.4, 0.5) is 4.79 Å². The maximum atomic E-state index is 11.5. The summed E-state index contributed by atoms with van der Waals surface area (Å²) in [6, 6.07) is -0.318. The Morgan fingerprint density at radius 2 is 2.10 bits per heavy atom. The normalized spacial score (nSPS) is 24.9. The van der Waals surface area contributed by atoms with E-state index in [0.29, 0.717) is 32.4 Å². The van der Waals surface area contributed by atoms with Crippen LogP contribution in [0.1, 0.15) is 26.2 Å². The molecule has 0 aromatic heterocycles. The number of carboxylic acids is 1. The van der Waals surface area contributed by atoms with Crippen molar-refractivity contribution in [1.29, 1.82) is 0 Å². The molecule has 1 rings (SSSR count). The number of nitrogens with one attached hydrogen (secondary N) is 2. The first-order valence-electron chi connectivity index (χ1n) is 6.62. The molecule has 1 heterocycles. The maximum absolute atomic E-state index is 11.5. The van der Waals surface area contributed by atoms with Crippen molar-refractivity contribution in [1.82, 2.24) is 10.6 Å². The van der Waals surface area contributed by atoms with E-state index in [1.54, 1.807) is 6.26 Å². The number of urea groups is 1. The van der Waals surface area contributed by atoms with Crippen LogP contribution in [0.15, 0.2) is 0 Å². The summed E-state index contributed by atoms with van der Waals surface area (Å²) in [5.74, 6) is -0.960. The van der Waals surface area contributed by atoms with Crippen LogP contribution in [-0.4, -0.2) is 58.1 Å². The largest absolute Gasteiger partial charge is 0.479 e. The molecular weight excluding hydrogens is 284 g/mol. The topological polar surface area (TPSA) is 105 Å². The molecule has 1 aliphatic rings. The number of hydrogen-bond donors (Lipinski definition) is 3. The molecule has 1 saturated heterocycles. The Morgan fingerprint density at radius 3 is 2.65 bits per heavy atom. The highest BCUT2D eigenvalue weighted by Crippen LogP contribution is 2.19. The van der Waals surface area contributed by atoms with Gasteiger partial charge in [-0.1, -0.05) is 6.92 Å². The van der Waals surface area contributed by atoms with Gasteiger partial charge in [0.15, 0.2) is 6.10 Å². The lowest BCUT2D eigenvalue weighted by Gasteiger charge is -2.13. The Morgan fingerprint density at radius 1 is 1.40 bits per heavy atom. The summed E-state index contributed by atoms with van der Waals surface area (Å²) < 4.78 is 16.4. The standard InChI is InChI=1S/C12H22N2O5S/c1-8(20(2)18)5-6-13-12(17)14-7-9-3-4-10(19-9)11(15)16/h8-10H,3-7H2,1-2H3,(H,15,16)(H2,13,14,17). The van der Waals surface area contributed by atoms with Gasteiger partial charge < -0.3 is 20.5 Å². The van der Waals surface area contributed by atoms with Crippen LogP contribution < -0.4 is 10.6 Å². The summed E-state index contributed by atoms with van der Waals surface area (Å²) >= 11 is 0. The number of carbonyl (C=O) groups excluding carboxylic acids is 1. The fraction of sp³-hybridized carbons (Fsp3) is 0.833. The van der Waals surface area contributed by atoms with Crippen molar-refractivity contribution in [2.45, 2.75) is 43.6 Å². The first-order valence-corrected chi connectivity index (χ1v) is 8.24. The molecular formula is C12H22N2O5S. The lowest BCUT2D eigenvalue weighted by atomic mass is 10.2. The minimum absolute atomic E-state index is 0.0461. The van der Waals surface area contributed by atoms with Crippen LogP contribution in [0.5, 0.6) is 0 Å². The third kappa shape index (κ3) is 5.87. The molecule has 0 saturated carbocycles. The zero-order valence-corrected chi connectivity index (χ0v) is 12.6. The summed E-state index contributed by atoms with van der Waals surface area (Å²) in [5.41, 5.74) is 0. The van der Waals surface area contributed by atoms with Crippen molar-refractivity contribution in [3.05, 3.63) is 0 Å². The molecule has 7 nitrogen and oxygen atoms in total. The number of hydrogen-bond acceptors (Lipinski definition) is 4. The number of carbonyl (C=O) groups is 2. The summed E-state index contributed by atoms with van der Waals surface area (Å²) in [4.78, 5) is 22.2. The second-order valence-electron chi connectivity index (χ2n) is 4.90. The van der Waals surface area contributed by atoms with E-state index in [2.05, 4.69) is 10.6 Å². The second-order valence-corrected chi connectivity index (χ2v) is 6.70. The van der Waals surface area contributed by atoms with E-state index in [1.807, 2.05) is 6.92 Å². The highest BCUT2D eigenvalue weighted by Gasteiger charge is 2.30. The molecule has 0 radical (unpaired) electrons. The Bertz CT molecular complexity index is 377. The van der Waals surface area contributed by atoms with Gasteiger partial charge in [-0.25, -0.2) is 9.59 Å². The lowest BCUT2D eigenvalue weighted by molar-refractivity contribution is -0.149. The minimum atomic E-state index is -0.960. The quantitative estimate of drug-likeness (QED) is 0.617. The van der Waals surface area contributed by atoms with Crippen molar-refractivity contribution in [2.75, 3.05) is 19.3 Å². The predicted molar refractivity (Wildman–Crippen MR) is 75.1 cm³/mol. The molecule has 2 amide bonds. The van der Waals surface area contributed by atoms with E-state index in [-0.39, 0.29) is 17.4 Å². The number of aliphatic carboxylic acids is 1. The Hall–Kier alpha value is -1.15. The monoisotopic (exact) mass is 306 g/mol. The molecule has 4 unspecified atom stereocenters. The van der Waals surface area contributed by atoms with Crippen molar-refractivity contribution < 1.29 is 23.6 Å². The van der Waals surface area contributed by atoms with Crippen LogP contribution in [0, 0.1) is 0 Å². The zero-order valence-electron chi connectivity index (χ0n) is 11.8. The molecule has 116 valence electrons. The average molecular weight is 306 g/mol. The molecule has 1 fully saturated rings. The molecule has 0 spiro atoms. The smallest absolute Gasteiger partial charge is 0.332 e. The van der Waals surface area contributed by atoms with E-state index in [4.69, 9.17) is 9.84 Å². The SMILES string of the molecule is CC(CCNC(=O)NCC1CCC(C(=O)O)O1)S(C)=O. The molecule has 0 bridgehead atoms. The maximum Gasteiger partial charge on any atom is 0.332 e. The Balaban J connectivity index is 2.12. The number of amides is 2. The van der Waals surface area contributed by atoms with Crippen molar-refractivity contribution in [3.8, 4) is 0 Å². The molecule has 8 heteroatoms. The van der Waals surface area contributed by atoms with Crippen LogP contribution in [-0.2, 0) is 20.3 Å². The third-order valence-corrected chi connectivity index (χ3v) is 4.65. The second kappa shape index (κ2) is 8.21. The van der Waals surface area contributed by atoms with Gasteiger partial charge in [-0.05, 0) is 19.3 Å². The van der Waals surface area contributed by atoms with Crippen LogP contribution >= 0.6 is 0 Å². The number of rotatable bonds is 7. The third-order valence-electron chi connectivity index (χ3n) is 3.28. The van der Waals surface area contributed by atoms with Gasteiger partial charge in [0.25, 0.3) is 0 Å². The van der Waals surface area contributed by atoms with Crippen molar-refractivity contribution in [3.63, 3.8) is 0 Å². The fourth-order valence-electron chi connectivity index (χ4n) is 1.86. The first-order chi connectivity index (χ1) is 9.40. The van der Waals surface area contributed by atoms with Gasteiger partial charge in [0.1, 0.15) is 0 Å². The Labute approximate surface area is 120 Å². The van der Waals surface area contributed by atoms with Gasteiger partial charge in [0.05, 0.1) is 6.10 Å². The molecule has 20 heavy (non-hydrogen) atoms. The predicted octanol–water partition coefficient (Wildman–Crippen LogP) is 0.0749. The van der Waals surface area contributed by atoms with Gasteiger partial charge >= 0.3 is 12.0 Å². The minimum Gasteiger partial charge on any atom is -0.479 e. The highest BCUT2D eigenvalue weighted by molar-refractivity contribution is 7.84. The van der Waals surface area contributed by atoms with Crippen molar-refractivity contribution >= 4 is 22.8 Å². The Kier molecular flexibility index (Phi) is 6.94. The van der Waals surface area contributed by atoms with E-state index in [9.17, 15) is 13.8 Å². The van der Waals surface area contributed by atoms with Crippen molar-refractivity contribution in [2.24, 2.45) is 0 Å². The molecule has 0 aromatic rings. The molecule has 0 aliphatic carbocycles. The highest BCUT2D eigenvalue weighted by atomic mass is 32.2. The molecule has 3 N–H and O–H groups in total. The number of carboxylic acid groups (broad SMARTS) is 1. The van der Waals surface area contributed by atoms with E-state index in [0.717, 1.165) is 0 Å².